The van der Waals surface area contributed by atoms with E-state index in [2.05, 4.69) is 34.4 Å². The Hall–Kier alpha value is -0.610. The number of hydrogen-bond acceptors (Lipinski definition) is 5. The Morgan fingerprint density at radius 3 is 2.64 bits per heavy atom. The number of morpholine rings is 1. The monoisotopic (exact) mass is 470 g/mol. The summed E-state index contributed by atoms with van der Waals surface area (Å²) in [6.07, 6.45) is 0.398. The Morgan fingerprint density at radius 1 is 1.32 bits per heavy atom. The Morgan fingerprint density at radius 2 is 2.04 bits per heavy atom. The lowest BCUT2D eigenvalue weighted by Gasteiger charge is -2.34. The van der Waals surface area contributed by atoms with Gasteiger partial charge in [-0.2, -0.15) is 0 Å². The van der Waals surface area contributed by atoms with E-state index in [1.54, 1.807) is 7.05 Å². The number of carbonyl (C=O) groups is 1. The van der Waals surface area contributed by atoms with Gasteiger partial charge in [-0.15, -0.1) is 24.0 Å². The van der Waals surface area contributed by atoms with Crippen molar-refractivity contribution in [2.45, 2.75) is 46.3 Å². The summed E-state index contributed by atoms with van der Waals surface area (Å²) in [6.45, 7) is 13.2. The van der Waals surface area contributed by atoms with Crippen LogP contribution in [0.15, 0.2) is 4.99 Å². The number of ether oxygens (including phenoxy) is 2. The fourth-order valence-electron chi connectivity index (χ4n) is 2.62. The zero-order chi connectivity index (χ0) is 17.9. The second-order valence-corrected chi connectivity index (χ2v) is 6.81. The van der Waals surface area contributed by atoms with Crippen molar-refractivity contribution in [3.8, 4) is 0 Å². The predicted molar refractivity (Wildman–Crippen MR) is 112 cm³/mol. The highest BCUT2D eigenvalue weighted by Crippen LogP contribution is 2.07. The number of carbonyl (C=O) groups excluding carboxylic acids is 1. The van der Waals surface area contributed by atoms with Crippen LogP contribution in [0.1, 0.15) is 34.1 Å². The molecule has 1 heterocycles. The first-order valence-corrected chi connectivity index (χ1v) is 8.88. The van der Waals surface area contributed by atoms with Gasteiger partial charge in [0.05, 0.1) is 25.2 Å². The molecule has 0 aromatic rings. The predicted octanol–water partition coefficient (Wildman–Crippen LogP) is 1.47. The minimum absolute atomic E-state index is 0. The van der Waals surface area contributed by atoms with Gasteiger partial charge in [0.1, 0.15) is 0 Å². The van der Waals surface area contributed by atoms with Crippen LogP contribution in [0.25, 0.3) is 0 Å². The van der Waals surface area contributed by atoms with Gasteiger partial charge in [0.2, 0.25) is 0 Å². The maximum absolute atomic E-state index is 11.5. The second kappa shape index (κ2) is 13.6. The summed E-state index contributed by atoms with van der Waals surface area (Å²) in [4.78, 5) is 18.1. The molecule has 25 heavy (non-hydrogen) atoms. The van der Waals surface area contributed by atoms with Gasteiger partial charge in [0.15, 0.2) is 5.96 Å². The summed E-state index contributed by atoms with van der Waals surface area (Å²) in [5.41, 5.74) is 0. The Labute approximate surface area is 169 Å². The van der Waals surface area contributed by atoms with Crippen LogP contribution in [0.4, 0.5) is 0 Å². The van der Waals surface area contributed by atoms with E-state index in [1.807, 2.05) is 13.8 Å². The molecular weight excluding hydrogens is 435 g/mol. The van der Waals surface area contributed by atoms with Crippen LogP contribution in [-0.4, -0.2) is 75.4 Å². The van der Waals surface area contributed by atoms with E-state index in [-0.39, 0.29) is 42.2 Å². The van der Waals surface area contributed by atoms with Crippen molar-refractivity contribution >= 4 is 35.9 Å². The first kappa shape index (κ1) is 24.4. The molecule has 1 fully saturated rings. The highest BCUT2D eigenvalue weighted by Gasteiger charge is 2.21. The summed E-state index contributed by atoms with van der Waals surface area (Å²) >= 11 is 0. The summed E-state index contributed by atoms with van der Waals surface area (Å²) in [6, 6.07) is 0. The molecule has 0 saturated carbocycles. The number of nitrogens with one attached hydrogen (secondary N) is 2. The summed E-state index contributed by atoms with van der Waals surface area (Å²) in [5.74, 6) is 1.14. The lowest BCUT2D eigenvalue weighted by molar-refractivity contribution is -0.147. The van der Waals surface area contributed by atoms with Crippen LogP contribution in [0.3, 0.4) is 0 Å². The molecule has 1 rings (SSSR count). The molecule has 1 unspecified atom stereocenters. The van der Waals surface area contributed by atoms with E-state index in [0.717, 1.165) is 26.2 Å². The molecule has 0 aromatic carbocycles. The number of guanidine groups is 1. The normalized spacial score (nSPS) is 18.8. The third-order valence-corrected chi connectivity index (χ3v) is 3.56. The fraction of sp³-hybridized carbons (Fsp3) is 0.882. The third kappa shape index (κ3) is 11.6. The van der Waals surface area contributed by atoms with Crippen LogP contribution in [0.5, 0.6) is 0 Å². The SMILES string of the molecule is CN=C(NCCC(=O)OC(C)C)NCC1CN(CC(C)C)CCO1.I. The van der Waals surface area contributed by atoms with Crippen LogP contribution in [0.2, 0.25) is 0 Å². The van der Waals surface area contributed by atoms with Crippen LogP contribution in [0, 0.1) is 5.92 Å². The average molecular weight is 470 g/mol. The summed E-state index contributed by atoms with van der Waals surface area (Å²) in [5, 5.41) is 6.39. The molecule has 0 aromatic heterocycles. The van der Waals surface area contributed by atoms with Gasteiger partial charge in [0.25, 0.3) is 0 Å². The van der Waals surface area contributed by atoms with E-state index in [9.17, 15) is 4.79 Å². The number of nitrogens with zero attached hydrogens (tertiary/aromatic N) is 2. The minimum Gasteiger partial charge on any atom is -0.463 e. The number of esters is 1. The van der Waals surface area contributed by atoms with Gasteiger partial charge in [-0.3, -0.25) is 14.7 Å². The van der Waals surface area contributed by atoms with Gasteiger partial charge in [0, 0.05) is 39.8 Å². The van der Waals surface area contributed by atoms with Crippen molar-refractivity contribution in [2.24, 2.45) is 10.9 Å². The van der Waals surface area contributed by atoms with Crippen LogP contribution < -0.4 is 10.6 Å². The first-order chi connectivity index (χ1) is 11.4. The second-order valence-electron chi connectivity index (χ2n) is 6.81. The molecule has 8 heteroatoms. The molecule has 1 saturated heterocycles. The van der Waals surface area contributed by atoms with Crippen LogP contribution >= 0.6 is 24.0 Å². The number of halogens is 1. The van der Waals surface area contributed by atoms with E-state index >= 15 is 0 Å². The lowest BCUT2D eigenvalue weighted by Crippen LogP contribution is -2.50. The van der Waals surface area contributed by atoms with Gasteiger partial charge in [-0.1, -0.05) is 13.8 Å². The fourth-order valence-corrected chi connectivity index (χ4v) is 2.62. The van der Waals surface area contributed by atoms with Crippen molar-refractivity contribution in [1.29, 1.82) is 0 Å². The summed E-state index contributed by atoms with van der Waals surface area (Å²) in [7, 11) is 1.72. The molecule has 0 amide bonds. The van der Waals surface area contributed by atoms with E-state index < -0.39 is 0 Å². The highest BCUT2D eigenvalue weighted by atomic mass is 127. The first-order valence-electron chi connectivity index (χ1n) is 8.88. The van der Waals surface area contributed by atoms with Crippen LogP contribution in [-0.2, 0) is 14.3 Å². The van der Waals surface area contributed by atoms with Gasteiger partial charge >= 0.3 is 5.97 Å². The van der Waals surface area contributed by atoms with Crippen molar-refractivity contribution in [3.63, 3.8) is 0 Å². The maximum Gasteiger partial charge on any atom is 0.307 e. The Bertz CT molecular complexity index is 405. The molecule has 1 aliphatic heterocycles. The minimum atomic E-state index is -0.201. The largest absolute Gasteiger partial charge is 0.463 e. The molecule has 0 spiro atoms. The van der Waals surface area contributed by atoms with E-state index in [0.29, 0.717) is 31.4 Å². The standard InChI is InChI=1S/C17H34N4O3.HI/c1-13(2)11-21-8-9-23-15(12-21)10-20-17(18-5)19-7-6-16(22)24-14(3)4;/h13-15H,6-12H2,1-5H3,(H2,18,19,20);1H. The van der Waals surface area contributed by atoms with Gasteiger partial charge in [-0.25, -0.2) is 0 Å². The summed E-state index contributed by atoms with van der Waals surface area (Å²) < 4.78 is 10.9. The van der Waals surface area contributed by atoms with E-state index in [1.165, 1.54) is 0 Å². The lowest BCUT2D eigenvalue weighted by atomic mass is 10.2. The molecule has 1 aliphatic rings. The number of rotatable bonds is 8. The number of hydrogen-bond donors (Lipinski definition) is 2. The van der Waals surface area contributed by atoms with Crippen molar-refractivity contribution in [3.05, 3.63) is 0 Å². The average Bonchev–Trinajstić information content (AvgIpc) is 2.49. The molecular formula is C17H35IN4O3. The van der Waals surface area contributed by atoms with E-state index in [4.69, 9.17) is 9.47 Å². The molecule has 0 aliphatic carbocycles. The zero-order valence-electron chi connectivity index (χ0n) is 16.2. The molecule has 0 radical (unpaired) electrons. The van der Waals surface area contributed by atoms with Crippen molar-refractivity contribution in [1.82, 2.24) is 15.5 Å². The van der Waals surface area contributed by atoms with Crippen molar-refractivity contribution < 1.29 is 14.3 Å². The molecule has 1 atom stereocenters. The van der Waals surface area contributed by atoms with Crippen molar-refractivity contribution in [2.75, 3.05) is 46.4 Å². The smallest absolute Gasteiger partial charge is 0.307 e. The molecule has 148 valence electrons. The zero-order valence-corrected chi connectivity index (χ0v) is 18.5. The quantitative estimate of drug-likeness (QED) is 0.242. The molecule has 0 bridgehead atoms. The highest BCUT2D eigenvalue weighted by molar-refractivity contribution is 14.0. The van der Waals surface area contributed by atoms with Gasteiger partial charge in [-0.05, 0) is 19.8 Å². The Kier molecular flexibility index (Phi) is 13.2. The molecule has 7 nitrogen and oxygen atoms in total. The number of aliphatic imine (C=N–C) groups is 1. The maximum atomic E-state index is 11.5. The topological polar surface area (TPSA) is 75.2 Å². The third-order valence-electron chi connectivity index (χ3n) is 3.56. The Balaban J connectivity index is 0.00000576. The molecule has 2 N–H and O–H groups in total. The van der Waals surface area contributed by atoms with Gasteiger partial charge < -0.3 is 20.1 Å².